The van der Waals surface area contributed by atoms with E-state index in [0.29, 0.717) is 0 Å². The molecule has 1 aromatic rings. The average molecular weight is 424 g/mol. The van der Waals surface area contributed by atoms with Crippen LogP contribution < -0.4 is 5.32 Å². The van der Waals surface area contributed by atoms with E-state index in [2.05, 4.69) is 5.32 Å². The summed E-state index contributed by atoms with van der Waals surface area (Å²) in [7, 11) is 0. The van der Waals surface area contributed by atoms with Gasteiger partial charge in [-0.1, -0.05) is 0 Å². The molecular formula is C18H20N2O10. The van der Waals surface area contributed by atoms with E-state index in [1.807, 2.05) is 0 Å². The van der Waals surface area contributed by atoms with Gasteiger partial charge in [0, 0.05) is 32.9 Å². The Morgan fingerprint density at radius 1 is 1.07 bits per heavy atom. The molecule has 12 heteroatoms. The highest BCUT2D eigenvalue weighted by atomic mass is 16.7. The van der Waals surface area contributed by atoms with Crippen LogP contribution in [-0.4, -0.2) is 59.9 Å². The molecule has 4 atom stereocenters. The van der Waals surface area contributed by atoms with Crippen molar-refractivity contribution in [3.8, 4) is 0 Å². The number of benzene rings is 1. The highest BCUT2D eigenvalue weighted by molar-refractivity contribution is 5.89. The van der Waals surface area contributed by atoms with Crippen molar-refractivity contribution in [1.82, 2.24) is 5.32 Å². The van der Waals surface area contributed by atoms with Gasteiger partial charge in [-0.2, -0.15) is 0 Å². The van der Waals surface area contributed by atoms with Crippen LogP contribution in [0.2, 0.25) is 0 Å². The fourth-order valence-corrected chi connectivity index (χ4v) is 2.81. The second-order valence-corrected chi connectivity index (χ2v) is 6.36. The lowest BCUT2D eigenvalue weighted by molar-refractivity contribution is -0.384. The lowest BCUT2D eigenvalue weighted by Crippen LogP contribution is -2.50. The van der Waals surface area contributed by atoms with Gasteiger partial charge in [-0.3, -0.25) is 24.5 Å². The molecule has 1 amide bonds. The fraction of sp³-hybridized carbons (Fsp3) is 0.444. The number of nitro benzene ring substituents is 1. The van der Waals surface area contributed by atoms with Gasteiger partial charge in [-0.15, -0.1) is 0 Å². The number of nitro groups is 1. The number of hydrogen-bond donors (Lipinski definition) is 1. The number of carbonyl (C=O) groups is 4. The van der Waals surface area contributed by atoms with Crippen LogP contribution in [0.1, 0.15) is 31.1 Å². The normalized spacial score (nSPS) is 22.6. The molecule has 0 aromatic heterocycles. The molecule has 2 rings (SSSR count). The van der Waals surface area contributed by atoms with Crippen LogP contribution in [-0.2, 0) is 33.3 Å². The fourth-order valence-electron chi connectivity index (χ4n) is 2.81. The Morgan fingerprint density at radius 2 is 1.67 bits per heavy atom. The van der Waals surface area contributed by atoms with Gasteiger partial charge in [0.2, 0.25) is 12.2 Å². The number of non-ortho nitro benzene ring substituents is 1. The minimum Gasteiger partial charge on any atom is -0.459 e. The topological polar surface area (TPSA) is 160 Å². The quantitative estimate of drug-likeness (QED) is 0.282. The minimum absolute atomic E-state index is 0.0581. The third-order valence-corrected chi connectivity index (χ3v) is 3.98. The van der Waals surface area contributed by atoms with Crippen molar-refractivity contribution in [2.45, 2.75) is 45.3 Å². The van der Waals surface area contributed by atoms with E-state index in [0.717, 1.165) is 26.0 Å². The van der Waals surface area contributed by atoms with Crippen LogP contribution in [0.5, 0.6) is 0 Å². The average Bonchev–Trinajstić information content (AvgIpc) is 2.94. The van der Waals surface area contributed by atoms with E-state index in [1.54, 1.807) is 0 Å². The Hall–Kier alpha value is -3.54. The minimum atomic E-state index is -1.31. The van der Waals surface area contributed by atoms with Gasteiger partial charge in [0.05, 0.1) is 10.5 Å². The van der Waals surface area contributed by atoms with Crippen molar-refractivity contribution in [1.29, 1.82) is 0 Å². The molecule has 1 fully saturated rings. The number of ether oxygens (including phenoxy) is 4. The third kappa shape index (κ3) is 5.98. The smallest absolute Gasteiger partial charge is 0.338 e. The van der Waals surface area contributed by atoms with Crippen molar-refractivity contribution in [3.63, 3.8) is 0 Å². The van der Waals surface area contributed by atoms with E-state index >= 15 is 0 Å². The maximum atomic E-state index is 12.2. The van der Waals surface area contributed by atoms with Gasteiger partial charge in [-0.05, 0) is 12.1 Å². The zero-order valence-corrected chi connectivity index (χ0v) is 16.4. The number of esters is 3. The van der Waals surface area contributed by atoms with E-state index in [9.17, 15) is 29.3 Å². The van der Waals surface area contributed by atoms with Crippen LogP contribution >= 0.6 is 0 Å². The molecule has 1 aromatic carbocycles. The molecule has 1 N–H and O–H groups in total. The Morgan fingerprint density at radius 3 is 2.17 bits per heavy atom. The first-order valence-electron chi connectivity index (χ1n) is 8.77. The zero-order chi connectivity index (χ0) is 22.4. The maximum Gasteiger partial charge on any atom is 0.338 e. The summed E-state index contributed by atoms with van der Waals surface area (Å²) in [5.74, 6) is -2.67. The molecule has 12 nitrogen and oxygen atoms in total. The first-order chi connectivity index (χ1) is 14.1. The van der Waals surface area contributed by atoms with Gasteiger partial charge >= 0.3 is 17.9 Å². The van der Waals surface area contributed by atoms with E-state index < -0.39 is 53.3 Å². The molecule has 162 valence electrons. The van der Waals surface area contributed by atoms with Crippen molar-refractivity contribution >= 4 is 29.5 Å². The SMILES string of the molecule is CC(=O)N[C@@H]1[C@@H](COC(=O)c2ccc([N+](=O)[O-])cc2)OC(OC(C)=O)[C@@H]1OC(C)=O. The number of amides is 1. The van der Waals surface area contributed by atoms with Crippen LogP contribution in [0.3, 0.4) is 0 Å². The van der Waals surface area contributed by atoms with Gasteiger partial charge in [0.25, 0.3) is 5.69 Å². The number of nitrogens with zero attached hydrogens (tertiary/aromatic N) is 1. The van der Waals surface area contributed by atoms with Crippen LogP contribution in [0, 0.1) is 10.1 Å². The van der Waals surface area contributed by atoms with Crippen molar-refractivity contribution in [3.05, 3.63) is 39.9 Å². The molecule has 0 spiro atoms. The van der Waals surface area contributed by atoms with Crippen LogP contribution in [0.15, 0.2) is 24.3 Å². The monoisotopic (exact) mass is 424 g/mol. The first-order valence-corrected chi connectivity index (χ1v) is 8.77. The second kappa shape index (κ2) is 9.78. The molecular weight excluding hydrogens is 404 g/mol. The van der Waals surface area contributed by atoms with Gasteiger partial charge in [0.15, 0.2) is 6.10 Å². The maximum absolute atomic E-state index is 12.2. The summed E-state index contributed by atoms with van der Waals surface area (Å²) in [4.78, 5) is 56.6. The molecule has 0 bridgehead atoms. The number of carbonyl (C=O) groups excluding carboxylic acids is 4. The molecule has 0 saturated carbocycles. The molecule has 1 heterocycles. The first kappa shape index (κ1) is 22.7. The summed E-state index contributed by atoms with van der Waals surface area (Å²) in [5.41, 5.74) is -0.132. The number of nitrogens with one attached hydrogen (secondary N) is 1. The van der Waals surface area contributed by atoms with Crippen molar-refractivity contribution in [2.75, 3.05) is 6.61 Å². The molecule has 1 unspecified atom stereocenters. The van der Waals surface area contributed by atoms with E-state index in [-0.39, 0.29) is 17.9 Å². The van der Waals surface area contributed by atoms with Gasteiger partial charge < -0.3 is 24.3 Å². The van der Waals surface area contributed by atoms with Crippen molar-refractivity contribution in [2.24, 2.45) is 0 Å². The van der Waals surface area contributed by atoms with Gasteiger partial charge in [-0.25, -0.2) is 4.79 Å². The Labute approximate surface area is 170 Å². The van der Waals surface area contributed by atoms with Crippen LogP contribution in [0.25, 0.3) is 0 Å². The van der Waals surface area contributed by atoms with E-state index in [1.165, 1.54) is 19.1 Å². The summed E-state index contributed by atoms with van der Waals surface area (Å²) in [6.07, 6.45) is -3.46. The van der Waals surface area contributed by atoms with E-state index in [4.69, 9.17) is 18.9 Å². The predicted octanol–water partition coefficient (Wildman–Crippen LogP) is 0.476. The van der Waals surface area contributed by atoms with Gasteiger partial charge in [0.1, 0.15) is 18.8 Å². The molecule has 1 aliphatic heterocycles. The zero-order valence-electron chi connectivity index (χ0n) is 16.4. The summed E-state index contributed by atoms with van der Waals surface area (Å²) in [5, 5.41) is 13.2. The predicted molar refractivity (Wildman–Crippen MR) is 97.0 cm³/mol. The number of rotatable bonds is 7. The highest BCUT2D eigenvalue weighted by Gasteiger charge is 2.49. The summed E-state index contributed by atoms with van der Waals surface area (Å²) < 4.78 is 20.8. The molecule has 1 aliphatic rings. The molecule has 30 heavy (non-hydrogen) atoms. The Balaban J connectivity index is 2.13. The standard InChI is InChI=1S/C18H20N2O10/c1-9(21)19-15-14(30-18(29-11(3)23)16(15)28-10(2)22)8-27-17(24)12-4-6-13(7-5-12)20(25)26/h4-7,14-16,18H,8H2,1-3H3,(H,19,21)/t14-,15-,16-,18?/m1/s1. The third-order valence-electron chi connectivity index (χ3n) is 3.98. The summed E-state index contributed by atoms with van der Waals surface area (Å²) in [6.45, 7) is 3.11. The van der Waals surface area contributed by atoms with Crippen molar-refractivity contribution < 1.29 is 43.0 Å². The van der Waals surface area contributed by atoms with Crippen LogP contribution in [0.4, 0.5) is 5.69 Å². The molecule has 0 aliphatic carbocycles. The number of hydrogen-bond acceptors (Lipinski definition) is 10. The highest BCUT2D eigenvalue weighted by Crippen LogP contribution is 2.26. The summed E-state index contributed by atoms with van der Waals surface area (Å²) in [6, 6.07) is 3.79. The molecule has 0 radical (unpaired) electrons. The second-order valence-electron chi connectivity index (χ2n) is 6.36. The lowest BCUT2D eigenvalue weighted by Gasteiger charge is -2.23. The Kier molecular flexibility index (Phi) is 7.42. The molecule has 1 saturated heterocycles. The largest absolute Gasteiger partial charge is 0.459 e. The lowest BCUT2D eigenvalue weighted by atomic mass is 10.1. The Bertz CT molecular complexity index is 838. The summed E-state index contributed by atoms with van der Waals surface area (Å²) >= 11 is 0.